The molecule has 0 spiro atoms. The van der Waals surface area contributed by atoms with Gasteiger partial charge in [0, 0.05) is 31.6 Å². The Bertz CT molecular complexity index is 612. The lowest BCUT2D eigenvalue weighted by atomic mass is 10.0. The number of nitrogens with zero attached hydrogens (tertiary/aromatic N) is 2. The highest BCUT2D eigenvalue weighted by Gasteiger charge is 2.36. The summed E-state index contributed by atoms with van der Waals surface area (Å²) in [6.07, 6.45) is -1.96. The third-order valence-electron chi connectivity index (χ3n) is 5.09. The lowest BCUT2D eigenvalue weighted by molar-refractivity contribution is -0.139. The van der Waals surface area contributed by atoms with Gasteiger partial charge >= 0.3 is 6.18 Å². The molecular formula is C18H24F3N3O. The zero-order valence-electron chi connectivity index (χ0n) is 14.4. The molecule has 3 rings (SSSR count). The fourth-order valence-corrected chi connectivity index (χ4v) is 3.69. The van der Waals surface area contributed by atoms with E-state index in [0.717, 1.165) is 32.0 Å². The molecule has 1 aromatic carbocycles. The van der Waals surface area contributed by atoms with Crippen LogP contribution in [0.5, 0.6) is 0 Å². The third-order valence-corrected chi connectivity index (χ3v) is 5.09. The van der Waals surface area contributed by atoms with E-state index in [1.165, 1.54) is 17.0 Å². The van der Waals surface area contributed by atoms with Crippen molar-refractivity contribution >= 4 is 5.91 Å². The van der Waals surface area contributed by atoms with Gasteiger partial charge in [0.05, 0.1) is 5.56 Å². The lowest BCUT2D eigenvalue weighted by Gasteiger charge is -2.31. The molecule has 1 amide bonds. The van der Waals surface area contributed by atoms with Gasteiger partial charge in [0.2, 0.25) is 5.91 Å². The molecule has 7 heteroatoms. The average molecular weight is 355 g/mol. The first kappa shape index (κ1) is 18.2. The number of nitrogens with one attached hydrogen (secondary N) is 1. The number of carbonyl (C=O) groups excluding carboxylic acids is 1. The summed E-state index contributed by atoms with van der Waals surface area (Å²) in [6, 6.07) is 5.90. The van der Waals surface area contributed by atoms with E-state index in [1.807, 2.05) is 0 Å². The Kier molecular flexibility index (Phi) is 5.34. The van der Waals surface area contributed by atoms with E-state index in [9.17, 15) is 18.0 Å². The summed E-state index contributed by atoms with van der Waals surface area (Å²) in [5.74, 6) is -0.0811. The van der Waals surface area contributed by atoms with Gasteiger partial charge in [-0.15, -0.1) is 0 Å². The quantitative estimate of drug-likeness (QED) is 0.901. The van der Waals surface area contributed by atoms with Crippen LogP contribution in [0, 0.1) is 0 Å². The second-order valence-electron chi connectivity index (χ2n) is 7.07. The number of alkyl halides is 3. The molecule has 138 valence electrons. The van der Waals surface area contributed by atoms with Gasteiger partial charge in [-0.05, 0) is 44.6 Å². The van der Waals surface area contributed by atoms with Crippen molar-refractivity contribution in [3.05, 3.63) is 35.4 Å². The van der Waals surface area contributed by atoms with Crippen molar-refractivity contribution in [1.29, 1.82) is 0 Å². The molecule has 0 radical (unpaired) electrons. The van der Waals surface area contributed by atoms with E-state index in [0.29, 0.717) is 19.0 Å². The maximum atomic E-state index is 13.1. The van der Waals surface area contributed by atoms with Crippen LogP contribution in [0.1, 0.15) is 30.4 Å². The summed E-state index contributed by atoms with van der Waals surface area (Å²) >= 11 is 0. The van der Waals surface area contributed by atoms with E-state index in [-0.39, 0.29) is 24.1 Å². The first-order valence-corrected chi connectivity index (χ1v) is 8.70. The standard InChI is InChI=1S/C18H24F3N3O/c1-23-8-6-14(7-9-23)22-15-10-17(25)24(12-15)11-13-4-2-3-5-16(13)18(19,20)21/h2-5,14-15,22H,6-12H2,1H3/t15-/m0/s1. The second-order valence-corrected chi connectivity index (χ2v) is 7.07. The van der Waals surface area contributed by atoms with Crippen molar-refractivity contribution in [1.82, 2.24) is 15.1 Å². The molecule has 0 aromatic heterocycles. The summed E-state index contributed by atoms with van der Waals surface area (Å²) in [6.45, 7) is 2.54. The fourth-order valence-electron chi connectivity index (χ4n) is 3.69. The van der Waals surface area contributed by atoms with Crippen LogP contribution in [-0.2, 0) is 17.5 Å². The Balaban J connectivity index is 1.60. The van der Waals surface area contributed by atoms with Gasteiger partial charge in [0.25, 0.3) is 0 Å². The van der Waals surface area contributed by atoms with Gasteiger partial charge < -0.3 is 15.1 Å². The summed E-state index contributed by atoms with van der Waals surface area (Å²) < 4.78 is 39.4. The normalized spacial score (nSPS) is 23.4. The van der Waals surface area contributed by atoms with Crippen molar-refractivity contribution in [3.63, 3.8) is 0 Å². The number of carbonyl (C=O) groups is 1. The minimum absolute atomic E-state index is 0.0140. The van der Waals surface area contributed by atoms with Gasteiger partial charge in [-0.1, -0.05) is 18.2 Å². The van der Waals surface area contributed by atoms with Gasteiger partial charge in [-0.2, -0.15) is 13.2 Å². The molecule has 2 fully saturated rings. The second kappa shape index (κ2) is 7.33. The molecule has 0 unspecified atom stereocenters. The molecule has 0 bridgehead atoms. The molecule has 0 aliphatic carbocycles. The van der Waals surface area contributed by atoms with Gasteiger partial charge in [-0.25, -0.2) is 0 Å². The van der Waals surface area contributed by atoms with Crippen LogP contribution in [0.15, 0.2) is 24.3 Å². The monoisotopic (exact) mass is 355 g/mol. The number of amides is 1. The maximum absolute atomic E-state index is 13.1. The lowest BCUT2D eigenvalue weighted by Crippen LogP contribution is -2.46. The van der Waals surface area contributed by atoms with E-state index >= 15 is 0 Å². The number of benzene rings is 1. The van der Waals surface area contributed by atoms with Gasteiger partial charge in [0.1, 0.15) is 0 Å². The molecule has 2 saturated heterocycles. The topological polar surface area (TPSA) is 35.6 Å². The smallest absolute Gasteiger partial charge is 0.337 e. The number of piperidine rings is 1. The Morgan fingerprint density at radius 3 is 2.52 bits per heavy atom. The summed E-state index contributed by atoms with van der Waals surface area (Å²) in [5.41, 5.74) is -0.502. The molecule has 2 heterocycles. The van der Waals surface area contributed by atoms with Crippen LogP contribution in [-0.4, -0.2) is 54.5 Å². The minimum atomic E-state index is -4.40. The fraction of sp³-hybridized carbons (Fsp3) is 0.611. The first-order chi connectivity index (χ1) is 11.8. The van der Waals surface area contributed by atoms with Crippen molar-refractivity contribution in [3.8, 4) is 0 Å². The van der Waals surface area contributed by atoms with Crippen LogP contribution in [0.3, 0.4) is 0 Å². The minimum Gasteiger partial charge on any atom is -0.337 e. The zero-order valence-corrected chi connectivity index (χ0v) is 14.4. The SMILES string of the molecule is CN1CCC(N[C@H]2CC(=O)N(Cc3ccccc3C(F)(F)F)C2)CC1. The Labute approximate surface area is 146 Å². The molecule has 25 heavy (non-hydrogen) atoms. The van der Waals surface area contributed by atoms with E-state index in [4.69, 9.17) is 0 Å². The Morgan fingerprint density at radius 1 is 1.16 bits per heavy atom. The molecule has 2 aliphatic rings. The summed E-state index contributed by atoms with van der Waals surface area (Å²) in [7, 11) is 2.09. The number of halogens is 3. The van der Waals surface area contributed by atoms with E-state index in [2.05, 4.69) is 17.3 Å². The van der Waals surface area contributed by atoms with Crippen LogP contribution >= 0.6 is 0 Å². The summed E-state index contributed by atoms with van der Waals surface area (Å²) in [5, 5.41) is 3.52. The van der Waals surface area contributed by atoms with Gasteiger partial charge in [0.15, 0.2) is 0 Å². The largest absolute Gasteiger partial charge is 0.416 e. The highest BCUT2D eigenvalue weighted by atomic mass is 19.4. The van der Waals surface area contributed by atoms with Crippen LogP contribution in [0.2, 0.25) is 0 Å². The van der Waals surface area contributed by atoms with Crippen LogP contribution in [0.25, 0.3) is 0 Å². The van der Waals surface area contributed by atoms with Gasteiger partial charge in [-0.3, -0.25) is 4.79 Å². The van der Waals surface area contributed by atoms with Crippen molar-refractivity contribution in [2.75, 3.05) is 26.7 Å². The number of rotatable bonds is 4. The Morgan fingerprint density at radius 2 is 1.84 bits per heavy atom. The predicted molar refractivity (Wildman–Crippen MR) is 88.9 cm³/mol. The van der Waals surface area contributed by atoms with Crippen LogP contribution < -0.4 is 5.32 Å². The molecular weight excluding hydrogens is 331 g/mol. The van der Waals surface area contributed by atoms with Crippen molar-refractivity contribution in [2.24, 2.45) is 0 Å². The highest BCUT2D eigenvalue weighted by molar-refractivity contribution is 5.79. The molecule has 1 atom stereocenters. The maximum Gasteiger partial charge on any atom is 0.416 e. The van der Waals surface area contributed by atoms with Crippen LogP contribution in [0.4, 0.5) is 13.2 Å². The first-order valence-electron chi connectivity index (χ1n) is 8.70. The molecule has 1 aromatic rings. The molecule has 0 saturated carbocycles. The van der Waals surface area contributed by atoms with Crippen molar-refractivity contribution in [2.45, 2.75) is 44.1 Å². The summed E-state index contributed by atoms with van der Waals surface area (Å²) in [4.78, 5) is 16.1. The Hall–Kier alpha value is -1.60. The molecule has 1 N–H and O–H groups in total. The number of likely N-dealkylation sites (tertiary alicyclic amines) is 2. The average Bonchev–Trinajstić information content (AvgIpc) is 2.89. The number of hydrogen-bond acceptors (Lipinski definition) is 3. The van der Waals surface area contributed by atoms with Crippen molar-refractivity contribution < 1.29 is 18.0 Å². The van der Waals surface area contributed by atoms with E-state index < -0.39 is 11.7 Å². The number of hydrogen-bond donors (Lipinski definition) is 1. The third kappa shape index (κ3) is 4.52. The molecule has 2 aliphatic heterocycles. The highest BCUT2D eigenvalue weighted by Crippen LogP contribution is 2.33. The zero-order chi connectivity index (χ0) is 18.0. The predicted octanol–water partition coefficient (Wildman–Crippen LogP) is 2.49. The van der Waals surface area contributed by atoms with E-state index in [1.54, 1.807) is 6.07 Å². The molecule has 4 nitrogen and oxygen atoms in total.